The Kier molecular flexibility index (Phi) is 6.78. The van der Waals surface area contributed by atoms with Gasteiger partial charge in [-0.15, -0.1) is 0 Å². The number of methoxy groups -OCH3 is 2. The van der Waals surface area contributed by atoms with Gasteiger partial charge in [0.2, 0.25) is 0 Å². The van der Waals surface area contributed by atoms with Crippen LogP contribution in [0.2, 0.25) is 0 Å². The van der Waals surface area contributed by atoms with Gasteiger partial charge >= 0.3 is 0 Å². The van der Waals surface area contributed by atoms with Gasteiger partial charge in [0, 0.05) is 0 Å². The first-order valence-corrected chi connectivity index (χ1v) is 9.64. The van der Waals surface area contributed by atoms with E-state index in [1.165, 1.54) is 11.8 Å². The molecule has 0 aromatic heterocycles. The minimum absolute atomic E-state index is 0.190. The monoisotopic (exact) mass is 417 g/mol. The first-order valence-electron chi connectivity index (χ1n) is 8.41. The topological polar surface area (TPSA) is 66.0 Å². The largest absolute Gasteiger partial charge is 0.497 e. The summed E-state index contributed by atoms with van der Waals surface area (Å²) < 4.78 is 22.4. The lowest BCUT2D eigenvalue weighted by Crippen LogP contribution is -2.17. The van der Waals surface area contributed by atoms with Gasteiger partial charge in [-0.25, -0.2) is 0 Å². The van der Waals surface area contributed by atoms with E-state index in [2.05, 4.69) is 5.32 Å². The van der Waals surface area contributed by atoms with Gasteiger partial charge in [0.15, 0.2) is 11.5 Å². The van der Waals surface area contributed by atoms with Crippen molar-refractivity contribution in [2.45, 2.75) is 0 Å². The van der Waals surface area contributed by atoms with Gasteiger partial charge < -0.3 is 24.3 Å². The third-order valence-corrected chi connectivity index (χ3v) is 4.96. The highest BCUT2D eigenvalue weighted by molar-refractivity contribution is 8.26. The highest BCUT2D eigenvalue weighted by Crippen LogP contribution is 2.31. The van der Waals surface area contributed by atoms with Gasteiger partial charge in [-0.1, -0.05) is 30.0 Å². The third-order valence-electron chi connectivity index (χ3n) is 3.80. The van der Waals surface area contributed by atoms with Crippen LogP contribution < -0.4 is 24.3 Å². The number of nitrogens with one attached hydrogen (secondary N) is 1. The number of carbonyl (C=O) groups is 1. The van der Waals surface area contributed by atoms with Gasteiger partial charge in [-0.3, -0.25) is 4.79 Å². The fraction of sp³-hybridized carbons (Fsp3) is 0.200. The van der Waals surface area contributed by atoms with Crippen molar-refractivity contribution in [1.29, 1.82) is 0 Å². The zero-order chi connectivity index (χ0) is 19.9. The molecule has 0 unspecified atom stereocenters. The molecule has 0 atom stereocenters. The van der Waals surface area contributed by atoms with Crippen LogP contribution in [0.15, 0.2) is 47.4 Å². The van der Waals surface area contributed by atoms with Crippen LogP contribution >= 0.6 is 24.0 Å². The van der Waals surface area contributed by atoms with Crippen LogP contribution in [0, 0.1) is 0 Å². The number of hydrogen-bond acceptors (Lipinski definition) is 7. The average Bonchev–Trinajstić information content (AvgIpc) is 3.03. The number of hydrogen-bond donors (Lipinski definition) is 1. The molecule has 3 rings (SSSR count). The summed E-state index contributed by atoms with van der Waals surface area (Å²) in [6, 6.07) is 12.8. The molecule has 28 heavy (non-hydrogen) atoms. The summed E-state index contributed by atoms with van der Waals surface area (Å²) in [6.07, 6.45) is 1.76. The minimum atomic E-state index is -0.190. The van der Waals surface area contributed by atoms with Crippen molar-refractivity contribution in [3.05, 3.63) is 52.9 Å². The second-order valence-electron chi connectivity index (χ2n) is 5.63. The number of benzene rings is 2. The van der Waals surface area contributed by atoms with Crippen molar-refractivity contribution in [3.8, 4) is 23.0 Å². The van der Waals surface area contributed by atoms with Crippen LogP contribution in [0.25, 0.3) is 6.08 Å². The zero-order valence-corrected chi connectivity index (χ0v) is 17.0. The van der Waals surface area contributed by atoms with Crippen molar-refractivity contribution in [2.75, 3.05) is 27.4 Å². The highest BCUT2D eigenvalue weighted by atomic mass is 32.2. The van der Waals surface area contributed by atoms with Crippen LogP contribution in [-0.4, -0.2) is 37.7 Å². The van der Waals surface area contributed by atoms with Crippen LogP contribution in [-0.2, 0) is 4.79 Å². The molecular weight excluding hydrogens is 398 g/mol. The number of ether oxygens (including phenoxy) is 4. The van der Waals surface area contributed by atoms with Crippen molar-refractivity contribution in [1.82, 2.24) is 5.32 Å². The maximum absolute atomic E-state index is 11.8. The predicted molar refractivity (Wildman–Crippen MR) is 113 cm³/mol. The van der Waals surface area contributed by atoms with E-state index in [-0.39, 0.29) is 5.91 Å². The van der Waals surface area contributed by atoms with E-state index < -0.39 is 0 Å². The first-order chi connectivity index (χ1) is 13.6. The molecule has 0 spiro atoms. The second-order valence-corrected chi connectivity index (χ2v) is 7.35. The van der Waals surface area contributed by atoms with Crippen LogP contribution in [0.3, 0.4) is 0 Å². The molecule has 1 heterocycles. The predicted octanol–water partition coefficient (Wildman–Crippen LogP) is 3.65. The third kappa shape index (κ3) is 5.17. The average molecular weight is 418 g/mol. The van der Waals surface area contributed by atoms with Crippen LogP contribution in [0.1, 0.15) is 5.56 Å². The van der Waals surface area contributed by atoms with Crippen molar-refractivity contribution in [3.63, 3.8) is 0 Å². The van der Waals surface area contributed by atoms with E-state index in [1.54, 1.807) is 26.4 Å². The molecule has 2 aromatic carbocycles. The molecule has 0 aliphatic carbocycles. The minimum Gasteiger partial charge on any atom is -0.497 e. The molecule has 8 heteroatoms. The molecule has 1 aliphatic rings. The molecule has 0 radical (unpaired) electrons. The van der Waals surface area contributed by atoms with Gasteiger partial charge in [-0.05, 0) is 48.0 Å². The fourth-order valence-corrected chi connectivity index (χ4v) is 3.49. The van der Waals surface area contributed by atoms with E-state index in [0.29, 0.717) is 33.9 Å². The van der Waals surface area contributed by atoms with Crippen molar-refractivity contribution in [2.24, 2.45) is 0 Å². The Bertz CT molecular complexity index is 896. The number of thioether (sulfide) groups is 1. The molecule has 1 amide bonds. The Hall–Kier alpha value is -2.71. The van der Waals surface area contributed by atoms with E-state index in [1.807, 2.05) is 36.4 Å². The molecule has 0 saturated carbocycles. The quantitative estimate of drug-likeness (QED) is 0.399. The maximum atomic E-state index is 11.8. The van der Waals surface area contributed by atoms with E-state index in [9.17, 15) is 4.79 Å². The van der Waals surface area contributed by atoms with Gasteiger partial charge in [0.05, 0.1) is 19.1 Å². The smallest absolute Gasteiger partial charge is 0.263 e. The summed E-state index contributed by atoms with van der Waals surface area (Å²) in [6.45, 7) is 0.741. The van der Waals surface area contributed by atoms with Gasteiger partial charge in [0.25, 0.3) is 5.91 Å². The summed E-state index contributed by atoms with van der Waals surface area (Å²) in [5.74, 6) is 2.50. The SMILES string of the molecule is COc1ccc(OCCOc2ccc(C=C3SC(=S)NC3=O)cc2OC)cc1. The summed E-state index contributed by atoms with van der Waals surface area (Å²) in [4.78, 5) is 12.3. The molecule has 2 aromatic rings. The van der Waals surface area contributed by atoms with Crippen molar-refractivity contribution < 1.29 is 23.7 Å². The summed E-state index contributed by atoms with van der Waals surface area (Å²) >= 11 is 6.23. The molecule has 0 bridgehead atoms. The lowest BCUT2D eigenvalue weighted by atomic mass is 10.2. The number of carbonyl (C=O) groups excluding carboxylic acids is 1. The van der Waals surface area contributed by atoms with Gasteiger partial charge in [0.1, 0.15) is 29.0 Å². The second kappa shape index (κ2) is 9.48. The summed E-state index contributed by atoms with van der Waals surface area (Å²) in [5.41, 5.74) is 0.820. The Labute approximate surface area is 172 Å². The Balaban J connectivity index is 1.57. The number of rotatable bonds is 8. The van der Waals surface area contributed by atoms with E-state index in [0.717, 1.165) is 17.1 Å². The lowest BCUT2D eigenvalue weighted by molar-refractivity contribution is -0.115. The van der Waals surface area contributed by atoms with Crippen LogP contribution in [0.5, 0.6) is 23.0 Å². The molecule has 1 fully saturated rings. The lowest BCUT2D eigenvalue weighted by Gasteiger charge is -2.12. The fourth-order valence-electron chi connectivity index (χ4n) is 2.45. The Morgan fingerprint density at radius 2 is 1.68 bits per heavy atom. The number of thiocarbonyl (C=S) groups is 1. The standard InChI is InChI=1S/C20H19NO5S2/c1-23-14-4-6-15(7-5-14)25-9-10-26-16-8-3-13(11-17(16)24-2)12-18-19(22)21-20(27)28-18/h3-8,11-12H,9-10H2,1-2H3,(H,21,22,27). The zero-order valence-electron chi connectivity index (χ0n) is 15.4. The Morgan fingerprint density at radius 1 is 0.964 bits per heavy atom. The Morgan fingerprint density at radius 3 is 2.32 bits per heavy atom. The molecule has 1 saturated heterocycles. The normalized spacial score (nSPS) is 14.7. The van der Waals surface area contributed by atoms with Crippen LogP contribution in [0.4, 0.5) is 0 Å². The summed E-state index contributed by atoms with van der Waals surface area (Å²) in [5, 5.41) is 2.59. The highest BCUT2D eigenvalue weighted by Gasteiger charge is 2.22. The van der Waals surface area contributed by atoms with Crippen molar-refractivity contribution >= 4 is 40.3 Å². The molecule has 1 N–H and O–H groups in total. The maximum Gasteiger partial charge on any atom is 0.263 e. The number of amides is 1. The van der Waals surface area contributed by atoms with E-state index >= 15 is 0 Å². The first kappa shape index (κ1) is 20.0. The van der Waals surface area contributed by atoms with Gasteiger partial charge in [-0.2, -0.15) is 0 Å². The summed E-state index contributed by atoms with van der Waals surface area (Å²) in [7, 11) is 3.19. The molecule has 6 nitrogen and oxygen atoms in total. The molecular formula is C20H19NO5S2. The molecule has 1 aliphatic heterocycles. The van der Waals surface area contributed by atoms with E-state index in [4.69, 9.17) is 31.2 Å². The molecule has 146 valence electrons.